The Hall–Kier alpha value is -0.860. The first-order valence-corrected chi connectivity index (χ1v) is 4.71. The molecule has 2 rings (SSSR count). The summed E-state index contributed by atoms with van der Waals surface area (Å²) in [7, 11) is 0. The largest absolute Gasteiger partial charge is 0.372 e. The molecule has 0 aliphatic carbocycles. The number of rotatable bonds is 2. The Bertz CT molecular complexity index is 309. The van der Waals surface area contributed by atoms with Crippen LogP contribution in [0.3, 0.4) is 0 Å². The average molecular weight is 177 g/mol. The Balaban J connectivity index is 2.30. The van der Waals surface area contributed by atoms with Crippen molar-refractivity contribution in [2.45, 2.75) is 26.1 Å². The second-order valence-electron chi connectivity index (χ2n) is 3.66. The van der Waals surface area contributed by atoms with E-state index in [4.69, 9.17) is 10.5 Å². The molecule has 0 saturated heterocycles. The van der Waals surface area contributed by atoms with Crippen LogP contribution in [0.2, 0.25) is 0 Å². The summed E-state index contributed by atoms with van der Waals surface area (Å²) in [4.78, 5) is 0. The highest BCUT2D eigenvalue weighted by molar-refractivity contribution is 5.34. The predicted molar refractivity (Wildman–Crippen MR) is 52.4 cm³/mol. The first-order chi connectivity index (χ1) is 6.31. The summed E-state index contributed by atoms with van der Waals surface area (Å²) >= 11 is 0. The van der Waals surface area contributed by atoms with Crippen LogP contribution < -0.4 is 5.73 Å². The third-order valence-electron chi connectivity index (χ3n) is 2.67. The van der Waals surface area contributed by atoms with E-state index in [-0.39, 0.29) is 0 Å². The second kappa shape index (κ2) is 3.48. The van der Waals surface area contributed by atoms with Gasteiger partial charge >= 0.3 is 0 Å². The maximum atomic E-state index is 5.62. The highest BCUT2D eigenvalue weighted by atomic mass is 16.5. The number of hydrogen-bond donors (Lipinski definition) is 1. The number of ether oxygens (including phenoxy) is 1. The van der Waals surface area contributed by atoms with Gasteiger partial charge < -0.3 is 10.5 Å². The smallest absolute Gasteiger partial charge is 0.0725 e. The molecule has 0 spiro atoms. The Labute approximate surface area is 78.7 Å². The molecular weight excluding hydrogens is 162 g/mol. The molecule has 1 atom stereocenters. The zero-order chi connectivity index (χ0) is 9.26. The minimum absolute atomic E-state index is 0.450. The molecule has 1 aromatic rings. The lowest BCUT2D eigenvalue weighted by atomic mass is 9.97. The van der Waals surface area contributed by atoms with Crippen LogP contribution in [0.1, 0.15) is 29.5 Å². The van der Waals surface area contributed by atoms with Crippen LogP contribution in [-0.2, 0) is 18.0 Å². The third kappa shape index (κ3) is 1.60. The van der Waals surface area contributed by atoms with Gasteiger partial charge in [-0.05, 0) is 29.2 Å². The lowest BCUT2D eigenvalue weighted by Gasteiger charge is -2.09. The van der Waals surface area contributed by atoms with Crippen LogP contribution in [0.4, 0.5) is 0 Å². The van der Waals surface area contributed by atoms with Crippen LogP contribution >= 0.6 is 0 Å². The number of nitrogens with two attached hydrogens (primary N) is 1. The molecule has 0 amide bonds. The van der Waals surface area contributed by atoms with Gasteiger partial charge in [-0.15, -0.1) is 0 Å². The Morgan fingerprint density at radius 2 is 2.15 bits per heavy atom. The molecule has 2 nitrogen and oxygen atoms in total. The van der Waals surface area contributed by atoms with Crippen molar-refractivity contribution in [3.8, 4) is 0 Å². The van der Waals surface area contributed by atoms with Gasteiger partial charge in [-0.2, -0.15) is 0 Å². The van der Waals surface area contributed by atoms with Gasteiger partial charge in [0.1, 0.15) is 0 Å². The van der Waals surface area contributed by atoms with E-state index in [0.29, 0.717) is 12.5 Å². The summed E-state index contributed by atoms with van der Waals surface area (Å²) in [6, 6.07) is 6.54. The van der Waals surface area contributed by atoms with Gasteiger partial charge in [0.25, 0.3) is 0 Å². The summed E-state index contributed by atoms with van der Waals surface area (Å²) < 4.78 is 5.35. The third-order valence-corrected chi connectivity index (χ3v) is 2.67. The maximum Gasteiger partial charge on any atom is 0.0725 e. The number of benzene rings is 1. The van der Waals surface area contributed by atoms with E-state index in [9.17, 15) is 0 Å². The molecule has 0 fully saturated rings. The van der Waals surface area contributed by atoms with E-state index < -0.39 is 0 Å². The van der Waals surface area contributed by atoms with Crippen molar-refractivity contribution in [1.29, 1.82) is 0 Å². The van der Waals surface area contributed by atoms with Gasteiger partial charge in [-0.25, -0.2) is 0 Å². The van der Waals surface area contributed by atoms with E-state index >= 15 is 0 Å². The van der Waals surface area contributed by atoms with Crippen LogP contribution in [0.5, 0.6) is 0 Å². The van der Waals surface area contributed by atoms with Gasteiger partial charge in [0, 0.05) is 0 Å². The maximum absolute atomic E-state index is 5.62. The molecule has 0 aromatic heterocycles. The predicted octanol–water partition coefficient (Wildman–Crippen LogP) is 1.78. The van der Waals surface area contributed by atoms with E-state index in [1.54, 1.807) is 0 Å². The lowest BCUT2D eigenvalue weighted by Crippen LogP contribution is -2.09. The minimum Gasteiger partial charge on any atom is -0.372 e. The topological polar surface area (TPSA) is 35.2 Å². The quantitative estimate of drug-likeness (QED) is 0.747. The Morgan fingerprint density at radius 3 is 2.92 bits per heavy atom. The molecule has 0 bridgehead atoms. The van der Waals surface area contributed by atoms with Crippen molar-refractivity contribution in [2.24, 2.45) is 5.73 Å². The molecule has 0 radical (unpaired) electrons. The summed E-state index contributed by atoms with van der Waals surface area (Å²) in [6.07, 6.45) is 0. The monoisotopic (exact) mass is 177 g/mol. The highest BCUT2D eigenvalue weighted by Gasteiger charge is 2.12. The molecule has 1 aromatic carbocycles. The Morgan fingerprint density at radius 1 is 1.38 bits per heavy atom. The van der Waals surface area contributed by atoms with Gasteiger partial charge in [-0.3, -0.25) is 0 Å². The fourth-order valence-corrected chi connectivity index (χ4v) is 1.63. The van der Waals surface area contributed by atoms with Crippen LogP contribution in [-0.4, -0.2) is 6.54 Å². The number of fused-ring (bicyclic) bond motifs is 1. The fraction of sp³-hybridized carbons (Fsp3) is 0.455. The molecule has 2 N–H and O–H groups in total. The second-order valence-corrected chi connectivity index (χ2v) is 3.66. The fourth-order valence-electron chi connectivity index (χ4n) is 1.63. The van der Waals surface area contributed by atoms with Crippen molar-refractivity contribution in [3.05, 3.63) is 34.9 Å². The standard InChI is InChI=1S/C11H15NO/c1-8(5-12)9-2-3-10-6-13-7-11(10)4-9/h2-4,8H,5-7,12H2,1H3. The molecule has 0 saturated carbocycles. The summed E-state index contributed by atoms with van der Waals surface area (Å²) in [5.41, 5.74) is 9.60. The normalized spacial score (nSPS) is 17.1. The van der Waals surface area contributed by atoms with Crippen LogP contribution in [0.25, 0.3) is 0 Å². The van der Waals surface area contributed by atoms with Gasteiger partial charge in [0.2, 0.25) is 0 Å². The zero-order valence-corrected chi connectivity index (χ0v) is 7.92. The lowest BCUT2D eigenvalue weighted by molar-refractivity contribution is 0.134. The Kier molecular flexibility index (Phi) is 2.34. The minimum atomic E-state index is 0.450. The zero-order valence-electron chi connectivity index (χ0n) is 7.92. The van der Waals surface area contributed by atoms with Crippen molar-refractivity contribution in [3.63, 3.8) is 0 Å². The first kappa shape index (κ1) is 8.73. The molecule has 1 aliphatic heterocycles. The molecular formula is C11H15NO. The number of hydrogen-bond acceptors (Lipinski definition) is 2. The van der Waals surface area contributed by atoms with E-state index in [0.717, 1.165) is 13.2 Å². The molecule has 1 unspecified atom stereocenters. The summed E-state index contributed by atoms with van der Waals surface area (Å²) in [6.45, 7) is 4.39. The molecule has 1 heterocycles. The molecule has 70 valence electrons. The molecule has 2 heteroatoms. The van der Waals surface area contributed by atoms with Gasteiger partial charge in [0.15, 0.2) is 0 Å². The first-order valence-electron chi connectivity index (χ1n) is 4.71. The highest BCUT2D eigenvalue weighted by Crippen LogP contribution is 2.24. The van der Waals surface area contributed by atoms with Gasteiger partial charge in [0.05, 0.1) is 13.2 Å². The van der Waals surface area contributed by atoms with Crippen LogP contribution in [0.15, 0.2) is 18.2 Å². The van der Waals surface area contributed by atoms with Crippen molar-refractivity contribution < 1.29 is 4.74 Å². The van der Waals surface area contributed by atoms with Gasteiger partial charge in [-0.1, -0.05) is 25.1 Å². The van der Waals surface area contributed by atoms with E-state index in [1.807, 2.05) is 0 Å². The van der Waals surface area contributed by atoms with Crippen LogP contribution in [0, 0.1) is 0 Å². The van der Waals surface area contributed by atoms with E-state index in [1.165, 1.54) is 16.7 Å². The van der Waals surface area contributed by atoms with Crippen molar-refractivity contribution >= 4 is 0 Å². The van der Waals surface area contributed by atoms with Crippen molar-refractivity contribution in [2.75, 3.05) is 6.54 Å². The van der Waals surface area contributed by atoms with E-state index in [2.05, 4.69) is 25.1 Å². The average Bonchev–Trinajstić information content (AvgIpc) is 2.63. The summed E-state index contributed by atoms with van der Waals surface area (Å²) in [5.74, 6) is 0.450. The molecule has 1 aliphatic rings. The molecule has 13 heavy (non-hydrogen) atoms. The van der Waals surface area contributed by atoms with Crippen molar-refractivity contribution in [1.82, 2.24) is 0 Å². The summed E-state index contributed by atoms with van der Waals surface area (Å²) in [5, 5.41) is 0. The SMILES string of the molecule is CC(CN)c1ccc2c(c1)COC2.